The second-order valence-electron chi connectivity index (χ2n) is 5.74. The van der Waals surface area contributed by atoms with Gasteiger partial charge in [-0.05, 0) is 37.5 Å². The molecule has 0 aromatic heterocycles. The maximum atomic E-state index is 12.3. The van der Waals surface area contributed by atoms with E-state index in [1.165, 1.54) is 0 Å². The van der Waals surface area contributed by atoms with Gasteiger partial charge < -0.3 is 15.2 Å². The number of ether oxygens (including phenoxy) is 1. The van der Waals surface area contributed by atoms with E-state index < -0.39 is 12.0 Å². The van der Waals surface area contributed by atoms with Gasteiger partial charge in [0.05, 0.1) is 12.2 Å². The maximum Gasteiger partial charge on any atom is 0.336 e. The predicted octanol–water partition coefficient (Wildman–Crippen LogP) is 2.71. The van der Waals surface area contributed by atoms with E-state index in [-0.39, 0.29) is 23.4 Å². The minimum atomic E-state index is -0.959. The second kappa shape index (κ2) is 5.48. The van der Waals surface area contributed by atoms with Crippen molar-refractivity contribution >= 4 is 17.6 Å². The molecule has 5 heteroatoms. The number of aromatic carboxylic acids is 1. The van der Waals surface area contributed by atoms with Crippen molar-refractivity contribution in [3.63, 3.8) is 0 Å². The zero-order valence-corrected chi connectivity index (χ0v) is 12.6. The van der Waals surface area contributed by atoms with Crippen LogP contribution in [0.4, 0.5) is 5.69 Å². The predicted molar refractivity (Wildman–Crippen MR) is 82.2 cm³/mol. The topological polar surface area (TPSA) is 75.6 Å². The summed E-state index contributed by atoms with van der Waals surface area (Å²) in [4.78, 5) is 23.6. The van der Waals surface area contributed by atoms with Gasteiger partial charge in [-0.3, -0.25) is 0 Å². The van der Waals surface area contributed by atoms with Gasteiger partial charge in [0, 0.05) is 17.5 Å². The van der Waals surface area contributed by atoms with Gasteiger partial charge in [0.2, 0.25) is 0 Å². The smallest absolute Gasteiger partial charge is 0.336 e. The fraction of sp³-hybridized carbons (Fsp3) is 0.412. The van der Waals surface area contributed by atoms with Crippen LogP contribution in [-0.2, 0) is 9.53 Å². The van der Waals surface area contributed by atoms with Crippen LogP contribution >= 0.6 is 0 Å². The first-order valence-electron chi connectivity index (χ1n) is 7.51. The normalized spacial score (nSPS) is 25.1. The van der Waals surface area contributed by atoms with E-state index in [9.17, 15) is 14.7 Å². The fourth-order valence-corrected chi connectivity index (χ4v) is 3.51. The molecule has 0 spiro atoms. The molecule has 1 heterocycles. The standard InChI is InChI=1S/C17H19NO4/c1-3-22-17(21)15-12-6-4-5-11(12)13-8-7-10(16(19)20)9(2)14(13)18-15/h4-5,7-8,11-12,15,18H,3,6H2,1-2H3,(H,19,20)/t11-,12+,15+/m0/s1. The van der Waals surface area contributed by atoms with E-state index in [4.69, 9.17) is 4.74 Å². The lowest BCUT2D eigenvalue weighted by molar-refractivity contribution is -0.145. The molecule has 1 aliphatic carbocycles. The molecule has 0 saturated carbocycles. The number of benzene rings is 1. The first-order chi connectivity index (χ1) is 10.5. The number of allylic oxidation sites excluding steroid dienone is 2. The second-order valence-corrected chi connectivity index (χ2v) is 5.74. The van der Waals surface area contributed by atoms with Gasteiger partial charge in [0.25, 0.3) is 0 Å². The lowest BCUT2D eigenvalue weighted by Gasteiger charge is -2.36. The van der Waals surface area contributed by atoms with Gasteiger partial charge in [0.15, 0.2) is 0 Å². The molecule has 0 amide bonds. The maximum absolute atomic E-state index is 12.3. The van der Waals surface area contributed by atoms with E-state index in [0.29, 0.717) is 12.2 Å². The van der Waals surface area contributed by atoms with Crippen molar-refractivity contribution in [1.29, 1.82) is 0 Å². The number of carbonyl (C=O) groups is 2. The summed E-state index contributed by atoms with van der Waals surface area (Å²) in [7, 11) is 0. The fourth-order valence-electron chi connectivity index (χ4n) is 3.51. The van der Waals surface area contributed by atoms with Gasteiger partial charge >= 0.3 is 11.9 Å². The van der Waals surface area contributed by atoms with Crippen molar-refractivity contribution in [1.82, 2.24) is 0 Å². The zero-order valence-electron chi connectivity index (χ0n) is 12.6. The average molecular weight is 301 g/mol. The molecule has 1 aliphatic heterocycles. The number of rotatable bonds is 3. The molecule has 3 rings (SSSR count). The van der Waals surface area contributed by atoms with Crippen LogP contribution in [0.5, 0.6) is 0 Å². The Morgan fingerprint density at radius 2 is 2.18 bits per heavy atom. The number of fused-ring (bicyclic) bond motifs is 3. The zero-order chi connectivity index (χ0) is 15.9. The molecule has 116 valence electrons. The number of carbonyl (C=O) groups excluding carboxylic acids is 1. The summed E-state index contributed by atoms with van der Waals surface area (Å²) >= 11 is 0. The highest BCUT2D eigenvalue weighted by Crippen LogP contribution is 2.46. The Kier molecular flexibility index (Phi) is 3.64. The Morgan fingerprint density at radius 3 is 2.86 bits per heavy atom. The first-order valence-corrected chi connectivity index (χ1v) is 7.51. The van der Waals surface area contributed by atoms with Crippen LogP contribution in [0, 0.1) is 12.8 Å². The minimum absolute atomic E-state index is 0.127. The summed E-state index contributed by atoms with van der Waals surface area (Å²) in [5.74, 6) is -0.973. The molecule has 5 nitrogen and oxygen atoms in total. The third kappa shape index (κ3) is 2.17. The van der Waals surface area contributed by atoms with Crippen LogP contribution < -0.4 is 5.32 Å². The molecular weight excluding hydrogens is 282 g/mol. The highest BCUT2D eigenvalue weighted by atomic mass is 16.5. The third-order valence-electron chi connectivity index (χ3n) is 4.57. The van der Waals surface area contributed by atoms with E-state index in [1.54, 1.807) is 19.9 Å². The number of hydrogen-bond donors (Lipinski definition) is 2. The van der Waals surface area contributed by atoms with Crippen molar-refractivity contribution in [2.24, 2.45) is 5.92 Å². The molecule has 1 aromatic rings. The van der Waals surface area contributed by atoms with Crippen molar-refractivity contribution in [3.8, 4) is 0 Å². The Labute approximate surface area is 129 Å². The third-order valence-corrected chi connectivity index (χ3v) is 4.57. The van der Waals surface area contributed by atoms with Crippen molar-refractivity contribution < 1.29 is 19.4 Å². The van der Waals surface area contributed by atoms with Gasteiger partial charge in [-0.15, -0.1) is 0 Å². The summed E-state index contributed by atoms with van der Waals surface area (Å²) in [5.41, 5.74) is 2.74. The molecule has 0 radical (unpaired) electrons. The molecule has 0 bridgehead atoms. The monoisotopic (exact) mass is 301 g/mol. The highest BCUT2D eigenvalue weighted by molar-refractivity contribution is 5.93. The molecular formula is C17H19NO4. The molecule has 3 atom stereocenters. The number of carboxylic acid groups (broad SMARTS) is 1. The van der Waals surface area contributed by atoms with Crippen molar-refractivity contribution in [2.75, 3.05) is 11.9 Å². The van der Waals surface area contributed by atoms with Gasteiger partial charge in [-0.2, -0.15) is 0 Å². The lowest BCUT2D eigenvalue weighted by atomic mass is 9.78. The van der Waals surface area contributed by atoms with Crippen LogP contribution in [0.1, 0.15) is 40.7 Å². The number of esters is 1. The van der Waals surface area contributed by atoms with Gasteiger partial charge in [-0.25, -0.2) is 9.59 Å². The number of nitrogens with one attached hydrogen (secondary N) is 1. The summed E-state index contributed by atoms with van der Waals surface area (Å²) in [5, 5.41) is 12.5. The molecule has 0 fully saturated rings. The Hall–Kier alpha value is -2.30. The van der Waals surface area contributed by atoms with Crippen LogP contribution in [0.15, 0.2) is 24.3 Å². The summed E-state index contributed by atoms with van der Waals surface area (Å²) in [6, 6.07) is 3.06. The molecule has 22 heavy (non-hydrogen) atoms. The number of hydrogen-bond acceptors (Lipinski definition) is 4. The van der Waals surface area contributed by atoms with E-state index in [1.807, 2.05) is 6.07 Å². The summed E-state index contributed by atoms with van der Waals surface area (Å²) in [6.07, 6.45) is 5.01. The first kappa shape index (κ1) is 14.6. The van der Waals surface area contributed by atoms with Crippen molar-refractivity contribution in [2.45, 2.75) is 32.2 Å². The molecule has 2 aliphatic rings. The Morgan fingerprint density at radius 1 is 1.41 bits per heavy atom. The van der Waals surface area contributed by atoms with Gasteiger partial charge in [0.1, 0.15) is 6.04 Å². The quantitative estimate of drug-likeness (QED) is 0.663. The van der Waals surface area contributed by atoms with E-state index in [2.05, 4.69) is 17.5 Å². The van der Waals surface area contributed by atoms with Gasteiger partial charge in [-0.1, -0.05) is 18.2 Å². The minimum Gasteiger partial charge on any atom is -0.478 e. The van der Waals surface area contributed by atoms with Crippen LogP contribution in [0.3, 0.4) is 0 Å². The summed E-state index contributed by atoms with van der Waals surface area (Å²) in [6.45, 7) is 3.90. The van der Waals surface area contributed by atoms with Crippen LogP contribution in [0.2, 0.25) is 0 Å². The Balaban J connectivity index is 2.06. The molecule has 1 aromatic carbocycles. The molecule has 0 saturated heterocycles. The van der Waals surface area contributed by atoms with Crippen LogP contribution in [0.25, 0.3) is 0 Å². The Bertz CT molecular complexity index is 665. The number of anilines is 1. The number of carboxylic acids is 1. The lowest BCUT2D eigenvalue weighted by Crippen LogP contribution is -2.43. The molecule has 0 unspecified atom stereocenters. The average Bonchev–Trinajstić information content (AvgIpc) is 2.96. The van der Waals surface area contributed by atoms with Crippen molar-refractivity contribution in [3.05, 3.63) is 41.0 Å². The van der Waals surface area contributed by atoms with E-state index >= 15 is 0 Å². The largest absolute Gasteiger partial charge is 0.478 e. The molecule has 2 N–H and O–H groups in total. The summed E-state index contributed by atoms with van der Waals surface area (Å²) < 4.78 is 5.18. The highest BCUT2D eigenvalue weighted by Gasteiger charge is 2.42. The van der Waals surface area contributed by atoms with E-state index in [0.717, 1.165) is 17.7 Å². The SMILES string of the molecule is CCOC(=O)[C@@H]1Nc2c(ccc(C(=O)O)c2C)[C@H]2C=CC[C@H]21. The van der Waals surface area contributed by atoms with Crippen LogP contribution in [-0.4, -0.2) is 29.7 Å².